The van der Waals surface area contributed by atoms with Gasteiger partial charge in [-0.1, -0.05) is 30.3 Å². The molecule has 0 unspecified atom stereocenters. The zero-order valence-electron chi connectivity index (χ0n) is 19.3. The number of alkyl halides is 2. The first-order chi connectivity index (χ1) is 16.4. The van der Waals surface area contributed by atoms with Crippen molar-refractivity contribution in [3.63, 3.8) is 0 Å². The average molecular weight is 472 g/mol. The van der Waals surface area contributed by atoms with E-state index < -0.39 is 12.0 Å². The molecule has 0 bridgehead atoms. The second kappa shape index (κ2) is 9.60. The van der Waals surface area contributed by atoms with Gasteiger partial charge in [0.15, 0.2) is 0 Å². The molecule has 2 aromatic carbocycles. The zero-order chi connectivity index (χ0) is 23.7. The Hall–Kier alpha value is -2.55. The van der Waals surface area contributed by atoms with Crippen molar-refractivity contribution >= 4 is 5.91 Å². The minimum absolute atomic E-state index is 0.117. The fraction of sp³-hybridized carbons (Fsp3) is 0.500. The Kier molecular flexibility index (Phi) is 6.55. The van der Waals surface area contributed by atoms with Crippen LogP contribution in [0.2, 0.25) is 0 Å². The van der Waals surface area contributed by atoms with Gasteiger partial charge >= 0.3 is 0 Å². The highest BCUT2D eigenvalue weighted by molar-refractivity contribution is 5.97. The second-order valence-corrected chi connectivity index (χ2v) is 9.65. The quantitative estimate of drug-likeness (QED) is 0.702. The van der Waals surface area contributed by atoms with Crippen LogP contribution < -0.4 is 4.74 Å². The Bertz CT molecular complexity index is 1050. The number of nitrogens with zero attached hydrogens (tertiary/aromatic N) is 3. The van der Waals surface area contributed by atoms with Gasteiger partial charge in [-0.25, -0.2) is 8.78 Å². The number of carbonyl (C=O) groups is 1. The number of hydrogen-bond acceptors (Lipinski definition) is 5. The standard InChI is InChI=1S/C26H31F2N3O3/c27-26(28)8-10-30(18-26)14-19-5-6-23-24(13-19)34-12-11-31(25(23)33)17-22(32)16-29-9-7-20-3-1-2-4-21(20)15-29/h1-6,13,22,32H,7-12,14-18H2/t22-/m1/s1. The summed E-state index contributed by atoms with van der Waals surface area (Å²) in [5.41, 5.74) is 3.96. The normalized spacial score (nSPS) is 21.5. The van der Waals surface area contributed by atoms with E-state index in [1.807, 2.05) is 12.1 Å². The van der Waals surface area contributed by atoms with E-state index in [-0.39, 0.29) is 25.4 Å². The largest absolute Gasteiger partial charge is 0.491 e. The molecule has 0 spiro atoms. The number of rotatable bonds is 6. The van der Waals surface area contributed by atoms with Gasteiger partial charge in [0, 0.05) is 45.7 Å². The summed E-state index contributed by atoms with van der Waals surface area (Å²) in [5, 5.41) is 10.8. The van der Waals surface area contributed by atoms with Gasteiger partial charge < -0.3 is 14.7 Å². The van der Waals surface area contributed by atoms with Crippen molar-refractivity contribution < 1.29 is 23.4 Å². The van der Waals surface area contributed by atoms with Gasteiger partial charge in [0.25, 0.3) is 11.8 Å². The summed E-state index contributed by atoms with van der Waals surface area (Å²) in [5.74, 6) is -2.32. The van der Waals surface area contributed by atoms with Gasteiger partial charge in [-0.2, -0.15) is 0 Å². The summed E-state index contributed by atoms with van der Waals surface area (Å²) in [6.07, 6.45) is 0.185. The van der Waals surface area contributed by atoms with Crippen molar-refractivity contribution in [2.75, 3.05) is 45.9 Å². The van der Waals surface area contributed by atoms with Gasteiger partial charge in [0.2, 0.25) is 0 Å². The number of likely N-dealkylation sites (tertiary alicyclic amines) is 1. The van der Waals surface area contributed by atoms with Crippen molar-refractivity contribution in [3.8, 4) is 5.75 Å². The van der Waals surface area contributed by atoms with E-state index in [4.69, 9.17) is 4.74 Å². The molecule has 1 fully saturated rings. The number of ether oxygens (including phenoxy) is 1. The highest BCUT2D eigenvalue weighted by Gasteiger charge is 2.38. The molecule has 8 heteroatoms. The van der Waals surface area contributed by atoms with E-state index in [2.05, 4.69) is 23.1 Å². The summed E-state index contributed by atoms with van der Waals surface area (Å²) in [6.45, 7) is 3.68. The minimum atomic E-state index is -2.63. The monoisotopic (exact) mass is 471 g/mol. The average Bonchev–Trinajstić information content (AvgIpc) is 3.07. The van der Waals surface area contributed by atoms with E-state index in [9.17, 15) is 18.7 Å². The highest BCUT2D eigenvalue weighted by atomic mass is 19.3. The van der Waals surface area contributed by atoms with E-state index in [1.54, 1.807) is 21.9 Å². The number of β-amino-alcohol motifs (C(OH)–C–C–N with tert-alkyl or cyclic N) is 1. The molecule has 0 saturated carbocycles. The van der Waals surface area contributed by atoms with Crippen LogP contribution in [-0.2, 0) is 19.5 Å². The Morgan fingerprint density at radius 3 is 2.65 bits per heavy atom. The number of carbonyl (C=O) groups excluding carboxylic acids is 1. The molecule has 1 N–H and O–H groups in total. The fourth-order valence-electron chi connectivity index (χ4n) is 5.19. The van der Waals surface area contributed by atoms with Crippen molar-refractivity contribution in [3.05, 3.63) is 64.7 Å². The highest BCUT2D eigenvalue weighted by Crippen LogP contribution is 2.30. The van der Waals surface area contributed by atoms with Crippen LogP contribution in [0.15, 0.2) is 42.5 Å². The van der Waals surface area contributed by atoms with Crippen molar-refractivity contribution in [2.24, 2.45) is 0 Å². The molecule has 2 aromatic rings. The minimum Gasteiger partial charge on any atom is -0.491 e. The van der Waals surface area contributed by atoms with Crippen LogP contribution in [0.1, 0.15) is 33.5 Å². The van der Waals surface area contributed by atoms with Crippen LogP contribution in [-0.4, -0.2) is 83.6 Å². The van der Waals surface area contributed by atoms with Crippen LogP contribution in [0.25, 0.3) is 0 Å². The molecular weight excluding hydrogens is 440 g/mol. The summed E-state index contributed by atoms with van der Waals surface area (Å²) < 4.78 is 32.8. The lowest BCUT2D eigenvalue weighted by atomic mass is 10.00. The number of aliphatic hydroxyl groups is 1. The smallest absolute Gasteiger partial charge is 0.261 e. The molecule has 3 aliphatic rings. The molecular formula is C26H31F2N3O3. The number of benzene rings is 2. The maximum absolute atomic E-state index is 13.5. The third-order valence-corrected chi connectivity index (χ3v) is 6.95. The van der Waals surface area contributed by atoms with Crippen LogP contribution in [0, 0.1) is 0 Å². The first kappa shape index (κ1) is 23.2. The predicted octanol–water partition coefficient (Wildman–Crippen LogP) is 2.78. The number of amides is 1. The lowest BCUT2D eigenvalue weighted by Crippen LogP contribution is -2.44. The van der Waals surface area contributed by atoms with E-state index in [0.29, 0.717) is 44.1 Å². The Balaban J connectivity index is 1.19. The van der Waals surface area contributed by atoms with Gasteiger partial charge in [-0.15, -0.1) is 0 Å². The molecule has 1 saturated heterocycles. The third-order valence-electron chi connectivity index (χ3n) is 6.95. The number of aliphatic hydroxyl groups excluding tert-OH is 1. The molecule has 0 radical (unpaired) electrons. The summed E-state index contributed by atoms with van der Waals surface area (Å²) in [7, 11) is 0. The van der Waals surface area contributed by atoms with Gasteiger partial charge in [-0.3, -0.25) is 14.6 Å². The van der Waals surface area contributed by atoms with Crippen molar-refractivity contribution in [1.82, 2.24) is 14.7 Å². The third kappa shape index (κ3) is 5.24. The molecule has 0 aliphatic carbocycles. The summed E-state index contributed by atoms with van der Waals surface area (Å²) in [6, 6.07) is 13.7. The fourth-order valence-corrected chi connectivity index (χ4v) is 5.19. The summed E-state index contributed by atoms with van der Waals surface area (Å²) >= 11 is 0. The Morgan fingerprint density at radius 2 is 1.85 bits per heavy atom. The summed E-state index contributed by atoms with van der Waals surface area (Å²) in [4.78, 5) is 18.8. The van der Waals surface area contributed by atoms with Crippen LogP contribution in [0.4, 0.5) is 8.78 Å². The molecule has 3 heterocycles. The number of halogens is 2. The molecule has 5 rings (SSSR count). The maximum atomic E-state index is 13.5. The molecule has 3 aliphatic heterocycles. The Morgan fingerprint density at radius 1 is 1.03 bits per heavy atom. The van der Waals surface area contributed by atoms with Crippen molar-refractivity contribution in [2.45, 2.75) is 38.0 Å². The second-order valence-electron chi connectivity index (χ2n) is 9.65. The molecule has 34 heavy (non-hydrogen) atoms. The zero-order valence-corrected chi connectivity index (χ0v) is 19.3. The lowest BCUT2D eigenvalue weighted by molar-refractivity contribution is 0.0115. The van der Waals surface area contributed by atoms with E-state index >= 15 is 0 Å². The Labute approximate surface area is 198 Å². The molecule has 182 valence electrons. The lowest BCUT2D eigenvalue weighted by Gasteiger charge is -2.32. The first-order valence-electron chi connectivity index (χ1n) is 12.0. The van der Waals surface area contributed by atoms with E-state index in [1.165, 1.54) is 11.1 Å². The molecule has 0 aromatic heterocycles. The van der Waals surface area contributed by atoms with Crippen molar-refractivity contribution in [1.29, 1.82) is 0 Å². The van der Waals surface area contributed by atoms with Gasteiger partial charge in [-0.05, 0) is 35.2 Å². The molecule has 1 amide bonds. The van der Waals surface area contributed by atoms with E-state index in [0.717, 1.165) is 25.1 Å². The topological polar surface area (TPSA) is 56.3 Å². The van der Waals surface area contributed by atoms with Gasteiger partial charge in [0.05, 0.1) is 24.8 Å². The van der Waals surface area contributed by atoms with Crippen LogP contribution >= 0.6 is 0 Å². The number of hydrogen-bond donors (Lipinski definition) is 1. The first-order valence-corrected chi connectivity index (χ1v) is 12.0. The molecule has 1 atom stereocenters. The SMILES string of the molecule is O=C1c2ccc(CN3CCC(F)(F)C3)cc2OCCN1C[C@H](O)CN1CCc2ccccc2C1. The van der Waals surface area contributed by atoms with Crippen LogP contribution in [0.5, 0.6) is 5.75 Å². The molecule has 6 nitrogen and oxygen atoms in total. The number of fused-ring (bicyclic) bond motifs is 2. The maximum Gasteiger partial charge on any atom is 0.261 e. The predicted molar refractivity (Wildman–Crippen MR) is 124 cm³/mol. The van der Waals surface area contributed by atoms with Crippen LogP contribution in [0.3, 0.4) is 0 Å². The van der Waals surface area contributed by atoms with Gasteiger partial charge in [0.1, 0.15) is 12.4 Å².